The standard InChI is InChI=1S/C30H59NO8/c1-3-5-7-9-11-12-14-16-18-20-26(34)31-23(24(33)19-17-15-13-10-8-6-4-2)22-38-30-29(37)28(36)27(35)25(21-32)39-30/h23-25,27-30,32-33,35-37H,3-22H2,1-2H3,(H,31,34). The number of unbranched alkanes of at least 4 members (excludes halogenated alkanes) is 14. The van der Waals surface area contributed by atoms with E-state index >= 15 is 0 Å². The molecule has 1 fully saturated rings. The number of ether oxygens (including phenoxy) is 2. The van der Waals surface area contributed by atoms with E-state index < -0.39 is 49.5 Å². The van der Waals surface area contributed by atoms with Crippen LogP contribution >= 0.6 is 0 Å². The smallest absolute Gasteiger partial charge is 0.220 e. The maximum Gasteiger partial charge on any atom is 0.220 e. The molecule has 6 N–H and O–H groups in total. The average Bonchev–Trinajstić information content (AvgIpc) is 2.93. The van der Waals surface area contributed by atoms with Crippen molar-refractivity contribution in [1.29, 1.82) is 0 Å². The molecule has 0 radical (unpaired) electrons. The van der Waals surface area contributed by atoms with Crippen LogP contribution in [0.25, 0.3) is 0 Å². The third-order valence-corrected chi connectivity index (χ3v) is 7.71. The van der Waals surface area contributed by atoms with Crippen LogP contribution in [-0.2, 0) is 14.3 Å². The highest BCUT2D eigenvalue weighted by Gasteiger charge is 2.44. The molecule has 1 heterocycles. The first kappa shape index (κ1) is 36.2. The van der Waals surface area contributed by atoms with E-state index in [1.54, 1.807) is 0 Å². The normalized spacial score (nSPS) is 24.9. The van der Waals surface area contributed by atoms with Gasteiger partial charge in [0.2, 0.25) is 5.91 Å². The summed E-state index contributed by atoms with van der Waals surface area (Å²) in [6, 6.07) is -0.705. The zero-order valence-electron chi connectivity index (χ0n) is 24.6. The maximum absolute atomic E-state index is 12.7. The van der Waals surface area contributed by atoms with Crippen LogP contribution in [-0.4, -0.2) is 87.5 Å². The van der Waals surface area contributed by atoms with Gasteiger partial charge in [-0.15, -0.1) is 0 Å². The van der Waals surface area contributed by atoms with Crippen LogP contribution in [0.4, 0.5) is 0 Å². The molecule has 0 aromatic rings. The van der Waals surface area contributed by atoms with Crippen molar-refractivity contribution in [2.45, 2.75) is 172 Å². The number of aliphatic hydroxyl groups is 5. The van der Waals surface area contributed by atoms with Crippen LogP contribution < -0.4 is 5.32 Å². The molecular formula is C30H59NO8. The summed E-state index contributed by atoms with van der Waals surface area (Å²) in [7, 11) is 0. The number of rotatable bonds is 24. The predicted molar refractivity (Wildman–Crippen MR) is 152 cm³/mol. The van der Waals surface area contributed by atoms with Gasteiger partial charge in [-0.25, -0.2) is 0 Å². The lowest BCUT2D eigenvalue weighted by atomic mass is 9.99. The molecular weight excluding hydrogens is 502 g/mol. The molecule has 39 heavy (non-hydrogen) atoms. The van der Waals surface area contributed by atoms with E-state index in [4.69, 9.17) is 9.47 Å². The van der Waals surface area contributed by atoms with Gasteiger partial charge >= 0.3 is 0 Å². The molecule has 0 bridgehead atoms. The van der Waals surface area contributed by atoms with Crippen LogP contribution in [0, 0.1) is 0 Å². The van der Waals surface area contributed by atoms with Crippen molar-refractivity contribution in [3.63, 3.8) is 0 Å². The van der Waals surface area contributed by atoms with E-state index in [1.165, 1.54) is 64.2 Å². The highest BCUT2D eigenvalue weighted by Crippen LogP contribution is 2.22. The number of nitrogens with one attached hydrogen (secondary N) is 1. The van der Waals surface area contributed by atoms with Gasteiger partial charge in [0.15, 0.2) is 6.29 Å². The van der Waals surface area contributed by atoms with E-state index in [9.17, 15) is 30.3 Å². The molecule has 9 heteroatoms. The van der Waals surface area contributed by atoms with Crippen molar-refractivity contribution in [3.05, 3.63) is 0 Å². The Labute approximate surface area is 236 Å². The Kier molecular flexibility index (Phi) is 21.2. The zero-order valence-corrected chi connectivity index (χ0v) is 24.6. The largest absolute Gasteiger partial charge is 0.394 e. The molecule has 0 aromatic heterocycles. The second kappa shape index (κ2) is 22.8. The van der Waals surface area contributed by atoms with Gasteiger partial charge in [-0.3, -0.25) is 4.79 Å². The number of amides is 1. The van der Waals surface area contributed by atoms with Gasteiger partial charge in [0, 0.05) is 6.42 Å². The topological polar surface area (TPSA) is 149 Å². The first-order valence-electron chi connectivity index (χ1n) is 15.7. The summed E-state index contributed by atoms with van der Waals surface area (Å²) in [6.07, 6.45) is 11.4. The van der Waals surface area contributed by atoms with E-state index in [0.717, 1.165) is 38.5 Å². The predicted octanol–water partition coefficient (Wildman–Crippen LogP) is 3.71. The quantitative estimate of drug-likeness (QED) is 0.0977. The van der Waals surface area contributed by atoms with Crippen LogP contribution in [0.2, 0.25) is 0 Å². The Hall–Kier alpha value is -0.810. The molecule has 0 aliphatic carbocycles. The van der Waals surface area contributed by atoms with Crippen molar-refractivity contribution in [3.8, 4) is 0 Å². The fraction of sp³-hybridized carbons (Fsp3) is 0.967. The molecule has 1 rings (SSSR count). The number of aliphatic hydroxyl groups excluding tert-OH is 5. The first-order chi connectivity index (χ1) is 18.8. The minimum absolute atomic E-state index is 0.135. The highest BCUT2D eigenvalue weighted by molar-refractivity contribution is 5.76. The van der Waals surface area contributed by atoms with Crippen molar-refractivity contribution >= 4 is 5.91 Å². The van der Waals surface area contributed by atoms with Crippen LogP contribution in [0.5, 0.6) is 0 Å². The van der Waals surface area contributed by atoms with Gasteiger partial charge in [-0.2, -0.15) is 0 Å². The molecule has 0 spiro atoms. The summed E-state index contributed by atoms with van der Waals surface area (Å²) in [5.74, 6) is -0.154. The lowest BCUT2D eigenvalue weighted by molar-refractivity contribution is -0.302. The molecule has 7 unspecified atom stereocenters. The molecule has 0 aromatic carbocycles. The Balaban J connectivity index is 2.52. The van der Waals surface area contributed by atoms with Gasteiger partial charge in [-0.1, -0.05) is 110 Å². The number of hydrogen-bond donors (Lipinski definition) is 6. The molecule has 1 saturated heterocycles. The van der Waals surface area contributed by atoms with Gasteiger partial charge < -0.3 is 40.3 Å². The number of carbonyl (C=O) groups excluding carboxylic acids is 1. The summed E-state index contributed by atoms with van der Waals surface area (Å²) >= 11 is 0. The molecule has 0 saturated carbocycles. The van der Waals surface area contributed by atoms with E-state index in [2.05, 4.69) is 19.2 Å². The van der Waals surface area contributed by atoms with Gasteiger partial charge in [-0.05, 0) is 12.8 Å². The summed E-state index contributed by atoms with van der Waals surface area (Å²) < 4.78 is 11.1. The van der Waals surface area contributed by atoms with Crippen LogP contribution in [0.15, 0.2) is 0 Å². The van der Waals surface area contributed by atoms with Crippen molar-refractivity contribution in [2.75, 3.05) is 13.2 Å². The molecule has 1 aliphatic rings. The fourth-order valence-corrected chi connectivity index (χ4v) is 5.04. The van der Waals surface area contributed by atoms with Crippen LogP contribution in [0.1, 0.15) is 129 Å². The fourth-order valence-electron chi connectivity index (χ4n) is 5.04. The molecule has 232 valence electrons. The minimum atomic E-state index is -1.54. The number of carbonyl (C=O) groups is 1. The summed E-state index contributed by atoms with van der Waals surface area (Å²) in [6.45, 7) is 3.72. The second-order valence-corrected chi connectivity index (χ2v) is 11.3. The lowest BCUT2D eigenvalue weighted by Crippen LogP contribution is -2.60. The Morgan fingerprint density at radius 3 is 1.82 bits per heavy atom. The highest BCUT2D eigenvalue weighted by atomic mass is 16.7. The Morgan fingerprint density at radius 1 is 0.769 bits per heavy atom. The molecule has 1 aliphatic heterocycles. The first-order valence-corrected chi connectivity index (χ1v) is 15.7. The lowest BCUT2D eigenvalue weighted by Gasteiger charge is -2.40. The summed E-state index contributed by atoms with van der Waals surface area (Å²) in [5.41, 5.74) is 0. The van der Waals surface area contributed by atoms with Gasteiger partial charge in [0.05, 0.1) is 25.4 Å². The number of hydrogen-bond acceptors (Lipinski definition) is 8. The van der Waals surface area contributed by atoms with Crippen LogP contribution in [0.3, 0.4) is 0 Å². The molecule has 9 nitrogen and oxygen atoms in total. The summed E-state index contributed by atoms with van der Waals surface area (Å²) in [4.78, 5) is 12.7. The maximum atomic E-state index is 12.7. The average molecular weight is 562 g/mol. The second-order valence-electron chi connectivity index (χ2n) is 11.3. The zero-order chi connectivity index (χ0) is 28.9. The monoisotopic (exact) mass is 561 g/mol. The Morgan fingerprint density at radius 2 is 1.28 bits per heavy atom. The van der Waals surface area contributed by atoms with Gasteiger partial charge in [0.1, 0.15) is 24.4 Å². The SMILES string of the molecule is CCCCCCCCCCCC(=O)NC(COC1OC(CO)C(O)C(O)C1O)C(O)CCCCCCCCC. The van der Waals surface area contributed by atoms with E-state index in [1.807, 2.05) is 0 Å². The van der Waals surface area contributed by atoms with Crippen molar-refractivity contribution in [1.82, 2.24) is 5.32 Å². The third-order valence-electron chi connectivity index (χ3n) is 7.71. The molecule has 1 amide bonds. The minimum Gasteiger partial charge on any atom is -0.394 e. The summed E-state index contributed by atoms with van der Waals surface area (Å²) in [5, 5.41) is 53.5. The van der Waals surface area contributed by atoms with Crippen molar-refractivity contribution < 1.29 is 39.8 Å². The van der Waals surface area contributed by atoms with E-state index in [-0.39, 0.29) is 12.5 Å². The van der Waals surface area contributed by atoms with Gasteiger partial charge in [0.25, 0.3) is 0 Å². The molecule has 7 atom stereocenters. The van der Waals surface area contributed by atoms with E-state index in [0.29, 0.717) is 12.8 Å². The Bertz CT molecular complexity index is 593. The van der Waals surface area contributed by atoms with Crippen molar-refractivity contribution in [2.24, 2.45) is 0 Å². The third kappa shape index (κ3) is 15.7.